The predicted molar refractivity (Wildman–Crippen MR) is 73.4 cm³/mol. The zero-order valence-corrected chi connectivity index (χ0v) is 11.1. The van der Waals surface area contributed by atoms with Crippen LogP contribution in [0.5, 0.6) is 0 Å². The Morgan fingerprint density at radius 1 is 1.22 bits per heavy atom. The molecular weight excluding hydrogens is 271 g/mol. The molecule has 0 saturated heterocycles. The van der Waals surface area contributed by atoms with Gasteiger partial charge < -0.3 is 5.32 Å². The van der Waals surface area contributed by atoms with Crippen LogP contribution in [0, 0.1) is 6.92 Å². The molecule has 0 aliphatic heterocycles. The van der Waals surface area contributed by atoms with E-state index in [-0.39, 0.29) is 5.91 Å². The summed E-state index contributed by atoms with van der Waals surface area (Å²) in [5.41, 5.74) is 2.02. The van der Waals surface area contributed by atoms with Crippen molar-refractivity contribution in [1.82, 2.24) is 4.98 Å². The summed E-state index contributed by atoms with van der Waals surface area (Å²) < 4.78 is 0. The fourth-order valence-electron chi connectivity index (χ4n) is 1.39. The molecule has 0 radical (unpaired) electrons. The van der Waals surface area contributed by atoms with E-state index in [2.05, 4.69) is 10.3 Å². The Labute approximate surface area is 115 Å². The predicted octanol–water partition coefficient (Wildman–Crippen LogP) is 3.95. The maximum Gasteiger partial charge on any atom is 0.255 e. The molecule has 0 fully saturated rings. The fraction of sp³-hybridized carbons (Fsp3) is 0.0769. The van der Waals surface area contributed by atoms with Crippen molar-refractivity contribution in [2.45, 2.75) is 6.92 Å². The molecule has 0 spiro atoms. The molecule has 0 saturated carbocycles. The average Bonchev–Trinajstić information content (AvgIpc) is 2.35. The van der Waals surface area contributed by atoms with Gasteiger partial charge in [-0.25, -0.2) is 4.98 Å². The number of hydrogen-bond acceptors (Lipinski definition) is 2. The second kappa shape index (κ2) is 5.38. The number of carbonyl (C=O) groups is 1. The quantitative estimate of drug-likeness (QED) is 0.847. The van der Waals surface area contributed by atoms with E-state index in [0.29, 0.717) is 21.4 Å². The number of rotatable bonds is 2. The molecule has 0 bridgehead atoms. The minimum Gasteiger partial charge on any atom is -0.321 e. The van der Waals surface area contributed by atoms with Crippen molar-refractivity contribution < 1.29 is 4.79 Å². The number of nitrogens with zero attached hydrogens (tertiary/aromatic N) is 1. The highest BCUT2D eigenvalue weighted by atomic mass is 35.5. The Bertz CT molecular complexity index is 582. The fourth-order valence-corrected chi connectivity index (χ4v) is 1.68. The number of aryl methyl sites for hydroxylation is 1. The molecule has 1 aromatic carbocycles. The van der Waals surface area contributed by atoms with Crippen LogP contribution in [0.2, 0.25) is 10.2 Å². The zero-order chi connectivity index (χ0) is 13.1. The summed E-state index contributed by atoms with van der Waals surface area (Å²) in [6.07, 6.45) is 1.50. The van der Waals surface area contributed by atoms with E-state index in [4.69, 9.17) is 23.2 Å². The van der Waals surface area contributed by atoms with Crippen molar-refractivity contribution in [3.05, 3.63) is 57.8 Å². The van der Waals surface area contributed by atoms with Gasteiger partial charge in [-0.2, -0.15) is 0 Å². The molecule has 1 heterocycles. The van der Waals surface area contributed by atoms with Crippen LogP contribution >= 0.6 is 23.2 Å². The van der Waals surface area contributed by atoms with Gasteiger partial charge in [-0.15, -0.1) is 0 Å². The minimum absolute atomic E-state index is 0.235. The molecule has 5 heteroatoms. The van der Waals surface area contributed by atoms with Gasteiger partial charge >= 0.3 is 0 Å². The van der Waals surface area contributed by atoms with E-state index in [9.17, 15) is 4.79 Å². The number of hydrogen-bond donors (Lipinski definition) is 1. The number of amides is 1. The summed E-state index contributed by atoms with van der Waals surface area (Å²) in [4.78, 5) is 15.8. The molecule has 1 N–H and O–H groups in total. The molecule has 0 atom stereocenters. The van der Waals surface area contributed by atoms with Crippen LogP contribution in [0.25, 0.3) is 0 Å². The van der Waals surface area contributed by atoms with Gasteiger partial charge in [0.05, 0.1) is 11.9 Å². The monoisotopic (exact) mass is 280 g/mol. The number of aromatic nitrogens is 1. The number of carbonyl (C=O) groups excluding carboxylic acids is 1. The van der Waals surface area contributed by atoms with Crippen molar-refractivity contribution >= 4 is 34.8 Å². The molecule has 1 aromatic heterocycles. The van der Waals surface area contributed by atoms with Gasteiger partial charge in [0.2, 0.25) is 0 Å². The Balaban J connectivity index is 2.16. The largest absolute Gasteiger partial charge is 0.321 e. The molecule has 0 aliphatic carbocycles. The number of halogens is 2. The number of pyridine rings is 1. The van der Waals surface area contributed by atoms with Gasteiger partial charge in [0, 0.05) is 10.6 Å². The summed E-state index contributed by atoms with van der Waals surface area (Å²) in [5, 5.41) is 3.66. The van der Waals surface area contributed by atoms with Gasteiger partial charge in [0.15, 0.2) is 0 Å². The third-order valence-electron chi connectivity index (χ3n) is 2.42. The van der Waals surface area contributed by atoms with Crippen LogP contribution in [0.4, 0.5) is 5.69 Å². The third kappa shape index (κ3) is 3.00. The standard InChI is InChI=1S/C13H10Cl2N2O/c1-8-2-3-9(6-11(8)14)13(18)17-10-4-5-12(15)16-7-10/h2-7H,1H3,(H,17,18). The SMILES string of the molecule is Cc1ccc(C(=O)Nc2ccc(Cl)nc2)cc1Cl. The topological polar surface area (TPSA) is 42.0 Å². The lowest BCUT2D eigenvalue weighted by Crippen LogP contribution is -2.12. The Kier molecular flexibility index (Phi) is 3.84. The van der Waals surface area contributed by atoms with E-state index in [1.165, 1.54) is 6.20 Å². The molecule has 2 rings (SSSR count). The lowest BCUT2D eigenvalue weighted by molar-refractivity contribution is 0.102. The zero-order valence-electron chi connectivity index (χ0n) is 9.58. The summed E-state index contributed by atoms with van der Waals surface area (Å²) in [5.74, 6) is -0.235. The highest BCUT2D eigenvalue weighted by molar-refractivity contribution is 6.31. The lowest BCUT2D eigenvalue weighted by Gasteiger charge is -2.06. The van der Waals surface area contributed by atoms with Gasteiger partial charge in [0.25, 0.3) is 5.91 Å². The van der Waals surface area contributed by atoms with E-state index >= 15 is 0 Å². The first-order valence-corrected chi connectivity index (χ1v) is 6.01. The van der Waals surface area contributed by atoms with Gasteiger partial charge in [-0.1, -0.05) is 29.3 Å². The van der Waals surface area contributed by atoms with Crippen LogP contribution in [-0.2, 0) is 0 Å². The second-order valence-corrected chi connectivity index (χ2v) is 4.58. The van der Waals surface area contributed by atoms with E-state index in [0.717, 1.165) is 5.56 Å². The Hall–Kier alpha value is -1.58. The minimum atomic E-state index is -0.235. The molecule has 2 aromatic rings. The molecular formula is C13H10Cl2N2O. The van der Waals surface area contributed by atoms with Crippen LogP contribution in [-0.4, -0.2) is 10.9 Å². The first-order chi connectivity index (χ1) is 8.56. The average molecular weight is 281 g/mol. The second-order valence-electron chi connectivity index (χ2n) is 3.79. The smallest absolute Gasteiger partial charge is 0.255 e. The van der Waals surface area contributed by atoms with Gasteiger partial charge in [0.1, 0.15) is 5.15 Å². The molecule has 1 amide bonds. The van der Waals surface area contributed by atoms with E-state index in [1.807, 2.05) is 6.92 Å². The molecule has 18 heavy (non-hydrogen) atoms. The maximum absolute atomic E-state index is 11.9. The van der Waals surface area contributed by atoms with Crippen molar-refractivity contribution in [2.75, 3.05) is 5.32 Å². The number of anilines is 1. The molecule has 0 unspecified atom stereocenters. The summed E-state index contributed by atoms with van der Waals surface area (Å²) in [7, 11) is 0. The van der Waals surface area contributed by atoms with Gasteiger partial charge in [-0.05, 0) is 36.8 Å². The van der Waals surface area contributed by atoms with Crippen molar-refractivity contribution in [3.63, 3.8) is 0 Å². The summed E-state index contributed by atoms with van der Waals surface area (Å²) >= 11 is 11.6. The Morgan fingerprint density at radius 2 is 2.00 bits per heavy atom. The number of benzene rings is 1. The highest BCUT2D eigenvalue weighted by Crippen LogP contribution is 2.18. The Morgan fingerprint density at radius 3 is 2.61 bits per heavy atom. The maximum atomic E-state index is 11.9. The lowest BCUT2D eigenvalue weighted by atomic mass is 10.1. The first-order valence-electron chi connectivity index (χ1n) is 5.25. The molecule has 0 aliphatic rings. The summed E-state index contributed by atoms with van der Waals surface area (Å²) in [6, 6.07) is 8.45. The van der Waals surface area contributed by atoms with Crippen LogP contribution in [0.3, 0.4) is 0 Å². The van der Waals surface area contributed by atoms with Crippen molar-refractivity contribution in [3.8, 4) is 0 Å². The van der Waals surface area contributed by atoms with Gasteiger partial charge in [-0.3, -0.25) is 4.79 Å². The molecule has 3 nitrogen and oxygen atoms in total. The van der Waals surface area contributed by atoms with Crippen molar-refractivity contribution in [1.29, 1.82) is 0 Å². The normalized spacial score (nSPS) is 10.2. The van der Waals surface area contributed by atoms with Crippen LogP contribution in [0.1, 0.15) is 15.9 Å². The van der Waals surface area contributed by atoms with Crippen LogP contribution in [0.15, 0.2) is 36.5 Å². The van der Waals surface area contributed by atoms with E-state index < -0.39 is 0 Å². The van der Waals surface area contributed by atoms with E-state index in [1.54, 1.807) is 30.3 Å². The van der Waals surface area contributed by atoms with Crippen LogP contribution < -0.4 is 5.32 Å². The first kappa shape index (κ1) is 12.9. The van der Waals surface area contributed by atoms with Crippen molar-refractivity contribution in [2.24, 2.45) is 0 Å². The summed E-state index contributed by atoms with van der Waals surface area (Å²) in [6.45, 7) is 1.88. The highest BCUT2D eigenvalue weighted by Gasteiger charge is 2.07. The third-order valence-corrected chi connectivity index (χ3v) is 3.05. The molecule has 92 valence electrons. The number of nitrogens with one attached hydrogen (secondary N) is 1.